The third-order valence-corrected chi connectivity index (χ3v) is 0.782. The molecular weight excluding hydrogens is 114 g/mol. The predicted molar refractivity (Wildman–Crippen MR) is 37.0 cm³/mol. The molecule has 0 aliphatic carbocycles. The summed E-state index contributed by atoms with van der Waals surface area (Å²) in [6.07, 6.45) is 2.24. The summed E-state index contributed by atoms with van der Waals surface area (Å²) in [7, 11) is 0. The molecule has 0 aromatic carbocycles. The Kier molecular flexibility index (Phi) is 4.56. The number of carbonyl (C=O) groups excluding carboxylic acids is 1. The Morgan fingerprint density at radius 1 is 1.89 bits per heavy atom. The van der Waals surface area contributed by atoms with Crippen LogP contribution in [0, 0.1) is 0 Å². The molecule has 0 saturated heterocycles. The van der Waals surface area contributed by atoms with Gasteiger partial charge in [-0.2, -0.15) is 0 Å². The van der Waals surface area contributed by atoms with Crippen LogP contribution in [0.5, 0.6) is 0 Å². The van der Waals surface area contributed by atoms with E-state index >= 15 is 0 Å². The highest BCUT2D eigenvalue weighted by atomic mass is 16.1. The molecule has 0 atom stereocenters. The second kappa shape index (κ2) is 5.13. The second-order valence-corrected chi connectivity index (χ2v) is 1.64. The summed E-state index contributed by atoms with van der Waals surface area (Å²) in [4.78, 5) is 10.5. The Hall–Kier alpha value is -1.01. The maximum Gasteiger partial charge on any atom is 0.251 e. The van der Waals surface area contributed by atoms with Crippen molar-refractivity contribution in [1.82, 2.24) is 5.32 Å². The topological polar surface area (TPSA) is 29.1 Å². The Bertz CT molecular complexity index is 134. The van der Waals surface area contributed by atoms with Crippen molar-refractivity contribution in [3.63, 3.8) is 0 Å². The van der Waals surface area contributed by atoms with Crippen LogP contribution in [0.3, 0.4) is 0 Å². The third kappa shape index (κ3) is 4.85. The molecule has 0 unspecified atom stereocenters. The number of carbonyl (C=O) groups is 1. The molecule has 0 aliphatic heterocycles. The van der Waals surface area contributed by atoms with Crippen LogP contribution in [0.2, 0.25) is 0 Å². The zero-order valence-electron chi connectivity index (χ0n) is 5.61. The third-order valence-electron chi connectivity index (χ3n) is 0.782. The first kappa shape index (κ1) is 7.99. The first-order valence-corrected chi connectivity index (χ1v) is 2.95. The van der Waals surface area contributed by atoms with Crippen LogP contribution < -0.4 is 5.32 Å². The maximum atomic E-state index is 10.5. The van der Waals surface area contributed by atoms with E-state index in [-0.39, 0.29) is 5.91 Å². The van der Waals surface area contributed by atoms with E-state index in [1.807, 2.05) is 6.92 Å². The molecule has 2 heteroatoms. The lowest BCUT2D eigenvalue weighted by Gasteiger charge is -1.94. The summed E-state index contributed by atoms with van der Waals surface area (Å²) in [5.74, 6) is -0.119. The summed E-state index contributed by atoms with van der Waals surface area (Å²) in [5, 5.41) is 2.64. The summed E-state index contributed by atoms with van der Waals surface area (Å²) >= 11 is 0. The van der Waals surface area contributed by atoms with E-state index in [1.165, 1.54) is 6.08 Å². The van der Waals surface area contributed by atoms with Gasteiger partial charge in [-0.25, -0.2) is 0 Å². The van der Waals surface area contributed by atoms with Gasteiger partial charge >= 0.3 is 0 Å². The van der Waals surface area contributed by atoms with Gasteiger partial charge in [0.1, 0.15) is 0 Å². The van der Waals surface area contributed by atoms with Crippen LogP contribution in [-0.2, 0) is 4.79 Å². The van der Waals surface area contributed by atoms with Crippen molar-refractivity contribution < 1.29 is 4.79 Å². The summed E-state index contributed by atoms with van der Waals surface area (Å²) < 4.78 is 0. The highest BCUT2D eigenvalue weighted by Crippen LogP contribution is 1.71. The first-order valence-electron chi connectivity index (χ1n) is 2.95. The van der Waals surface area contributed by atoms with E-state index < -0.39 is 0 Å². The van der Waals surface area contributed by atoms with Gasteiger partial charge in [-0.15, -0.1) is 5.73 Å². The van der Waals surface area contributed by atoms with Crippen molar-refractivity contribution in [2.75, 3.05) is 6.54 Å². The Labute approximate surface area is 55.3 Å². The minimum atomic E-state index is -0.119. The normalized spacial score (nSPS) is 7.67. The molecule has 2 nitrogen and oxygen atoms in total. The molecule has 0 spiro atoms. The van der Waals surface area contributed by atoms with Crippen molar-refractivity contribution in [2.45, 2.75) is 13.3 Å². The fourth-order valence-corrected chi connectivity index (χ4v) is 0.392. The minimum Gasteiger partial charge on any atom is -0.352 e. The Balaban J connectivity index is 3.39. The highest BCUT2D eigenvalue weighted by molar-refractivity contribution is 5.87. The summed E-state index contributed by atoms with van der Waals surface area (Å²) in [5.41, 5.74) is 2.39. The maximum absolute atomic E-state index is 10.5. The smallest absolute Gasteiger partial charge is 0.251 e. The molecular formula is C7H11NO. The quantitative estimate of drug-likeness (QED) is 0.440. The molecule has 50 valence electrons. The van der Waals surface area contributed by atoms with Crippen molar-refractivity contribution in [2.24, 2.45) is 0 Å². The van der Waals surface area contributed by atoms with Crippen LogP contribution in [0.25, 0.3) is 0 Å². The van der Waals surface area contributed by atoms with Crippen LogP contribution in [0.1, 0.15) is 13.3 Å². The van der Waals surface area contributed by atoms with Gasteiger partial charge in [0.05, 0.1) is 0 Å². The van der Waals surface area contributed by atoms with Crippen LogP contribution in [0.4, 0.5) is 0 Å². The van der Waals surface area contributed by atoms with E-state index in [0.717, 1.165) is 13.0 Å². The highest BCUT2D eigenvalue weighted by Gasteiger charge is 1.88. The van der Waals surface area contributed by atoms with Gasteiger partial charge in [0, 0.05) is 12.6 Å². The summed E-state index contributed by atoms with van der Waals surface area (Å²) in [6, 6.07) is 0. The second-order valence-electron chi connectivity index (χ2n) is 1.64. The fraction of sp³-hybridized carbons (Fsp3) is 0.429. The minimum absolute atomic E-state index is 0.119. The average Bonchev–Trinajstić information content (AvgIpc) is 1.85. The summed E-state index contributed by atoms with van der Waals surface area (Å²) in [6.45, 7) is 5.98. The molecule has 0 aromatic rings. The Morgan fingerprint density at radius 3 is 3.00 bits per heavy atom. The zero-order valence-corrected chi connectivity index (χ0v) is 5.61. The van der Waals surface area contributed by atoms with E-state index in [9.17, 15) is 4.79 Å². The molecule has 0 aromatic heterocycles. The molecule has 1 N–H and O–H groups in total. The number of hydrogen-bond donors (Lipinski definition) is 1. The van der Waals surface area contributed by atoms with Crippen molar-refractivity contribution in [3.8, 4) is 0 Å². The fourth-order valence-electron chi connectivity index (χ4n) is 0.392. The van der Waals surface area contributed by atoms with Gasteiger partial charge in [-0.05, 0) is 6.42 Å². The molecule has 0 bridgehead atoms. The molecule has 0 heterocycles. The van der Waals surface area contributed by atoms with E-state index in [2.05, 4.69) is 17.6 Å². The van der Waals surface area contributed by atoms with Crippen molar-refractivity contribution >= 4 is 5.91 Å². The number of amides is 1. The van der Waals surface area contributed by atoms with E-state index in [4.69, 9.17) is 0 Å². The average molecular weight is 125 g/mol. The molecule has 0 radical (unpaired) electrons. The van der Waals surface area contributed by atoms with Crippen LogP contribution >= 0.6 is 0 Å². The standard InChI is InChI=1S/C7H11NO/c1-3-5-7(9)8-6-4-2/h5H,1,4,6H2,2H3,(H,8,9). The van der Waals surface area contributed by atoms with Gasteiger partial charge in [0.15, 0.2) is 0 Å². The van der Waals surface area contributed by atoms with Crippen LogP contribution in [0.15, 0.2) is 18.4 Å². The lowest BCUT2D eigenvalue weighted by molar-refractivity contribution is -0.116. The van der Waals surface area contributed by atoms with E-state index in [0.29, 0.717) is 0 Å². The lowest BCUT2D eigenvalue weighted by atomic mass is 10.4. The first-order chi connectivity index (χ1) is 4.31. The molecule has 9 heavy (non-hydrogen) atoms. The number of hydrogen-bond acceptors (Lipinski definition) is 1. The zero-order chi connectivity index (χ0) is 7.11. The van der Waals surface area contributed by atoms with Crippen molar-refractivity contribution in [3.05, 3.63) is 18.4 Å². The SMILES string of the molecule is C=C=CC(=O)NCCC. The monoisotopic (exact) mass is 125 g/mol. The van der Waals surface area contributed by atoms with E-state index in [1.54, 1.807) is 0 Å². The van der Waals surface area contributed by atoms with Gasteiger partial charge in [0.2, 0.25) is 0 Å². The predicted octanol–water partition coefficient (Wildman–Crippen LogP) is 0.854. The lowest BCUT2D eigenvalue weighted by Crippen LogP contribution is -2.21. The molecule has 0 rings (SSSR count). The number of rotatable bonds is 3. The van der Waals surface area contributed by atoms with Crippen molar-refractivity contribution in [1.29, 1.82) is 0 Å². The van der Waals surface area contributed by atoms with Crippen LogP contribution in [-0.4, -0.2) is 12.5 Å². The number of nitrogens with one attached hydrogen (secondary N) is 1. The molecule has 0 fully saturated rings. The Morgan fingerprint density at radius 2 is 2.56 bits per heavy atom. The van der Waals surface area contributed by atoms with Gasteiger partial charge < -0.3 is 5.32 Å². The van der Waals surface area contributed by atoms with Gasteiger partial charge in [-0.1, -0.05) is 13.5 Å². The molecule has 0 saturated carbocycles. The van der Waals surface area contributed by atoms with Gasteiger partial charge in [-0.3, -0.25) is 4.79 Å². The molecule has 0 aliphatic rings. The van der Waals surface area contributed by atoms with Gasteiger partial charge in [0.25, 0.3) is 5.91 Å². The largest absolute Gasteiger partial charge is 0.352 e. The molecule has 1 amide bonds.